The summed E-state index contributed by atoms with van der Waals surface area (Å²) in [5.41, 5.74) is 15.8. The average Bonchev–Trinajstić information content (AvgIpc) is 3.05. The molecule has 0 radical (unpaired) electrons. The molecule has 1 fully saturated rings. The summed E-state index contributed by atoms with van der Waals surface area (Å²) in [7, 11) is 4.51. The Bertz CT molecular complexity index is 1000. The molecule has 4 aliphatic rings. The van der Waals surface area contributed by atoms with Crippen molar-refractivity contribution >= 4 is 5.57 Å². The number of rotatable bonds is 1. The number of hydrogen-bond donors (Lipinski definition) is 1. The Morgan fingerprint density at radius 2 is 1.39 bits per heavy atom. The molecular formula is C29H42N2. The maximum absolute atomic E-state index is 7.17. The van der Waals surface area contributed by atoms with Crippen LogP contribution in [0.2, 0.25) is 0 Å². The fraction of sp³-hybridized carbons (Fsp3) is 0.655. The highest BCUT2D eigenvalue weighted by atomic mass is 15.1. The van der Waals surface area contributed by atoms with Gasteiger partial charge >= 0.3 is 0 Å². The third-order valence-electron chi connectivity index (χ3n) is 9.82. The number of nitrogens with zero attached hydrogens (tertiary/aromatic N) is 1. The first-order valence-corrected chi connectivity index (χ1v) is 12.4. The van der Waals surface area contributed by atoms with E-state index in [2.05, 4.69) is 91.7 Å². The highest BCUT2D eigenvalue weighted by molar-refractivity contribution is 5.91. The SMILES string of the molecule is CC1C(C)C(N(C)C)C2C=C3C(=CC12)C(C)(N)c1cc2c(cc13)C(C)(C)CCC2(C)C. The van der Waals surface area contributed by atoms with Gasteiger partial charge in [-0.3, -0.25) is 0 Å². The molecule has 2 N–H and O–H groups in total. The second-order valence-corrected chi connectivity index (χ2v) is 12.9. The Morgan fingerprint density at radius 1 is 0.806 bits per heavy atom. The zero-order chi connectivity index (χ0) is 22.7. The van der Waals surface area contributed by atoms with Gasteiger partial charge in [0.05, 0.1) is 5.54 Å². The summed E-state index contributed by atoms with van der Waals surface area (Å²) in [6.07, 6.45) is 7.69. The Labute approximate surface area is 190 Å². The third-order valence-corrected chi connectivity index (χ3v) is 9.82. The van der Waals surface area contributed by atoms with Crippen molar-refractivity contribution in [2.45, 2.75) is 83.7 Å². The molecule has 0 aliphatic heterocycles. The Kier molecular flexibility index (Phi) is 4.40. The first-order valence-electron chi connectivity index (χ1n) is 12.4. The second kappa shape index (κ2) is 6.35. The highest BCUT2D eigenvalue weighted by Gasteiger charge is 2.51. The van der Waals surface area contributed by atoms with Gasteiger partial charge < -0.3 is 10.6 Å². The molecule has 1 saturated carbocycles. The molecule has 0 saturated heterocycles. The zero-order valence-corrected chi connectivity index (χ0v) is 21.1. The van der Waals surface area contributed by atoms with Crippen LogP contribution in [-0.4, -0.2) is 25.0 Å². The largest absolute Gasteiger partial charge is 0.318 e. The van der Waals surface area contributed by atoms with Gasteiger partial charge in [0, 0.05) is 12.0 Å². The third kappa shape index (κ3) is 2.77. The van der Waals surface area contributed by atoms with Gasteiger partial charge in [-0.05, 0) is 102 Å². The molecule has 0 bridgehead atoms. The fourth-order valence-electron chi connectivity index (χ4n) is 7.54. The van der Waals surface area contributed by atoms with Gasteiger partial charge in [0.15, 0.2) is 0 Å². The maximum atomic E-state index is 7.17. The summed E-state index contributed by atoms with van der Waals surface area (Å²) in [5, 5.41) is 0. The molecule has 0 amide bonds. The quantitative estimate of drug-likeness (QED) is 0.606. The van der Waals surface area contributed by atoms with Gasteiger partial charge in [-0.1, -0.05) is 59.8 Å². The van der Waals surface area contributed by atoms with Crippen molar-refractivity contribution in [3.63, 3.8) is 0 Å². The lowest BCUT2D eigenvalue weighted by Gasteiger charge is -2.42. The minimum Gasteiger partial charge on any atom is -0.318 e. The molecule has 4 aliphatic carbocycles. The van der Waals surface area contributed by atoms with Crippen molar-refractivity contribution in [3.8, 4) is 0 Å². The molecule has 2 nitrogen and oxygen atoms in total. The van der Waals surface area contributed by atoms with Crippen LogP contribution in [0, 0.1) is 23.7 Å². The zero-order valence-electron chi connectivity index (χ0n) is 21.1. The standard InChI is InChI=1S/C29H42N2/c1-16-17(2)26(31(8)9)21-12-19-20-14-24-25(28(5,6)11-10-27(24,3)4)15-23(20)29(7,30)22(19)13-18(16)21/h12-18,21,26H,10-11,30H2,1-9H3. The topological polar surface area (TPSA) is 29.3 Å². The van der Waals surface area contributed by atoms with Crippen LogP contribution < -0.4 is 5.73 Å². The summed E-state index contributed by atoms with van der Waals surface area (Å²) in [4.78, 5) is 2.46. The maximum Gasteiger partial charge on any atom is 0.0646 e. The van der Waals surface area contributed by atoms with E-state index in [4.69, 9.17) is 5.73 Å². The van der Waals surface area contributed by atoms with E-state index in [1.54, 1.807) is 5.56 Å². The van der Waals surface area contributed by atoms with Gasteiger partial charge in [-0.25, -0.2) is 0 Å². The Morgan fingerprint density at radius 3 is 1.97 bits per heavy atom. The minimum atomic E-state index is -0.405. The van der Waals surface area contributed by atoms with Crippen LogP contribution in [0.3, 0.4) is 0 Å². The van der Waals surface area contributed by atoms with E-state index >= 15 is 0 Å². The fourth-order valence-corrected chi connectivity index (χ4v) is 7.54. The summed E-state index contributed by atoms with van der Waals surface area (Å²) in [6.45, 7) is 16.8. The molecule has 0 heterocycles. The smallest absolute Gasteiger partial charge is 0.0646 e. The van der Waals surface area contributed by atoms with Crippen LogP contribution in [0.25, 0.3) is 5.57 Å². The van der Waals surface area contributed by atoms with Crippen LogP contribution in [0.15, 0.2) is 29.9 Å². The molecule has 1 aromatic rings. The van der Waals surface area contributed by atoms with E-state index in [-0.39, 0.29) is 10.8 Å². The van der Waals surface area contributed by atoms with Gasteiger partial charge in [-0.2, -0.15) is 0 Å². The van der Waals surface area contributed by atoms with E-state index in [0.717, 1.165) is 0 Å². The number of fused-ring (bicyclic) bond motifs is 5. The lowest BCUT2D eigenvalue weighted by molar-refractivity contribution is 0.208. The van der Waals surface area contributed by atoms with Gasteiger partial charge in [0.1, 0.15) is 0 Å². The number of benzene rings is 1. The van der Waals surface area contributed by atoms with Crippen molar-refractivity contribution < 1.29 is 0 Å². The molecule has 6 atom stereocenters. The Balaban J connectivity index is 1.73. The van der Waals surface area contributed by atoms with Gasteiger partial charge in [-0.15, -0.1) is 0 Å². The summed E-state index contributed by atoms with van der Waals surface area (Å²) in [6, 6.07) is 5.62. The van der Waals surface area contributed by atoms with Crippen molar-refractivity contribution in [1.82, 2.24) is 4.90 Å². The van der Waals surface area contributed by atoms with Crippen LogP contribution in [-0.2, 0) is 16.4 Å². The molecule has 0 aromatic heterocycles. The monoisotopic (exact) mass is 418 g/mol. The van der Waals surface area contributed by atoms with Crippen LogP contribution in [0.5, 0.6) is 0 Å². The molecule has 6 unspecified atom stereocenters. The van der Waals surface area contributed by atoms with Crippen LogP contribution >= 0.6 is 0 Å². The van der Waals surface area contributed by atoms with E-state index in [1.807, 2.05) is 0 Å². The predicted octanol–water partition coefficient (Wildman–Crippen LogP) is 5.99. The molecule has 2 heteroatoms. The molecule has 31 heavy (non-hydrogen) atoms. The first-order chi connectivity index (χ1) is 14.3. The second-order valence-electron chi connectivity index (χ2n) is 12.9. The summed E-state index contributed by atoms with van der Waals surface area (Å²) in [5.74, 6) is 2.51. The first kappa shape index (κ1) is 21.5. The summed E-state index contributed by atoms with van der Waals surface area (Å²) >= 11 is 0. The molecule has 1 aromatic carbocycles. The van der Waals surface area contributed by atoms with Crippen LogP contribution in [0.1, 0.15) is 83.6 Å². The predicted molar refractivity (Wildman–Crippen MR) is 132 cm³/mol. The highest BCUT2D eigenvalue weighted by Crippen LogP contribution is 2.58. The number of nitrogens with two attached hydrogens (primary N) is 1. The van der Waals surface area contributed by atoms with E-state index in [0.29, 0.717) is 29.7 Å². The lowest BCUT2D eigenvalue weighted by Crippen LogP contribution is -2.38. The van der Waals surface area contributed by atoms with E-state index in [9.17, 15) is 0 Å². The van der Waals surface area contributed by atoms with Gasteiger partial charge in [0.2, 0.25) is 0 Å². The van der Waals surface area contributed by atoms with E-state index in [1.165, 1.54) is 40.7 Å². The van der Waals surface area contributed by atoms with Crippen molar-refractivity contribution in [2.24, 2.45) is 29.4 Å². The molecule has 0 spiro atoms. The number of allylic oxidation sites excluding steroid dienone is 1. The van der Waals surface area contributed by atoms with Crippen LogP contribution in [0.4, 0.5) is 0 Å². The van der Waals surface area contributed by atoms with Crippen molar-refractivity contribution in [3.05, 3.63) is 52.1 Å². The lowest BCUT2D eigenvalue weighted by atomic mass is 9.62. The minimum absolute atomic E-state index is 0.211. The molecule has 5 rings (SSSR count). The molecule has 168 valence electrons. The molecular weight excluding hydrogens is 376 g/mol. The van der Waals surface area contributed by atoms with Crippen molar-refractivity contribution in [1.29, 1.82) is 0 Å². The number of hydrogen-bond acceptors (Lipinski definition) is 2. The van der Waals surface area contributed by atoms with E-state index < -0.39 is 5.54 Å². The Hall–Kier alpha value is -1.38. The van der Waals surface area contributed by atoms with Crippen molar-refractivity contribution in [2.75, 3.05) is 14.1 Å². The van der Waals surface area contributed by atoms with Gasteiger partial charge in [0.25, 0.3) is 0 Å². The normalized spacial score (nSPS) is 39.4. The average molecular weight is 419 g/mol. The summed E-state index contributed by atoms with van der Waals surface area (Å²) < 4.78 is 0.